The van der Waals surface area contributed by atoms with Gasteiger partial charge < -0.3 is 5.32 Å². The van der Waals surface area contributed by atoms with E-state index in [1.165, 1.54) is 0 Å². The monoisotopic (exact) mass is 219 g/mol. The first-order valence-corrected chi connectivity index (χ1v) is 4.94. The molecule has 76 valence electrons. The van der Waals surface area contributed by atoms with Crippen molar-refractivity contribution in [1.82, 2.24) is 9.97 Å². The summed E-state index contributed by atoms with van der Waals surface area (Å²) < 4.78 is 0. The molecule has 3 nitrogen and oxygen atoms in total. The number of halogens is 1. The molecule has 0 amide bonds. The van der Waals surface area contributed by atoms with Crippen LogP contribution in [0.5, 0.6) is 0 Å². The van der Waals surface area contributed by atoms with Crippen LogP contribution in [0.3, 0.4) is 0 Å². The zero-order chi connectivity index (χ0) is 10.7. The van der Waals surface area contributed by atoms with Crippen molar-refractivity contribution in [2.45, 2.75) is 0 Å². The van der Waals surface area contributed by atoms with E-state index < -0.39 is 0 Å². The van der Waals surface area contributed by atoms with E-state index in [0.717, 1.165) is 16.9 Å². The second-order valence-electron chi connectivity index (χ2n) is 3.02. The molecule has 0 aliphatic rings. The normalized spacial score (nSPS) is 10.0. The maximum absolute atomic E-state index is 5.84. The number of pyridine rings is 2. The number of hydrogen-bond donors (Lipinski definition) is 1. The van der Waals surface area contributed by atoms with Gasteiger partial charge in [0.05, 0.1) is 17.6 Å². The Morgan fingerprint density at radius 1 is 1.27 bits per heavy atom. The summed E-state index contributed by atoms with van der Waals surface area (Å²) in [5, 5.41) is 3.56. The van der Waals surface area contributed by atoms with Crippen molar-refractivity contribution in [2.75, 3.05) is 12.4 Å². The van der Waals surface area contributed by atoms with Crippen molar-refractivity contribution in [3.8, 4) is 11.3 Å². The number of hydrogen-bond acceptors (Lipinski definition) is 3. The van der Waals surface area contributed by atoms with E-state index in [0.29, 0.717) is 5.15 Å². The third-order valence-electron chi connectivity index (χ3n) is 2.08. The number of aromatic nitrogens is 2. The predicted octanol–water partition coefficient (Wildman–Crippen LogP) is 2.84. The fraction of sp³-hybridized carbons (Fsp3) is 0.0909. The molecule has 2 rings (SSSR count). The Bertz CT molecular complexity index is 471. The largest absolute Gasteiger partial charge is 0.386 e. The van der Waals surface area contributed by atoms with Crippen molar-refractivity contribution in [2.24, 2.45) is 0 Å². The summed E-state index contributed by atoms with van der Waals surface area (Å²) in [6.45, 7) is 0. The van der Waals surface area contributed by atoms with Crippen molar-refractivity contribution in [1.29, 1.82) is 0 Å². The summed E-state index contributed by atoms with van der Waals surface area (Å²) in [6.07, 6.45) is 3.50. The molecule has 4 heteroatoms. The Balaban J connectivity index is 2.53. The van der Waals surface area contributed by atoms with Crippen molar-refractivity contribution in [3.05, 3.63) is 41.8 Å². The quantitative estimate of drug-likeness (QED) is 0.790. The fourth-order valence-electron chi connectivity index (χ4n) is 1.38. The first kappa shape index (κ1) is 9.93. The molecule has 15 heavy (non-hydrogen) atoms. The second-order valence-corrected chi connectivity index (χ2v) is 3.40. The van der Waals surface area contributed by atoms with Crippen LogP contribution in [0.1, 0.15) is 0 Å². The Morgan fingerprint density at radius 3 is 2.87 bits per heavy atom. The van der Waals surface area contributed by atoms with Gasteiger partial charge in [-0.1, -0.05) is 17.7 Å². The first-order chi connectivity index (χ1) is 7.31. The first-order valence-electron chi connectivity index (χ1n) is 4.56. The zero-order valence-corrected chi connectivity index (χ0v) is 8.99. The maximum Gasteiger partial charge on any atom is 0.129 e. The topological polar surface area (TPSA) is 37.8 Å². The minimum atomic E-state index is 0.492. The van der Waals surface area contributed by atoms with Crippen LogP contribution in [-0.4, -0.2) is 17.0 Å². The Morgan fingerprint density at radius 2 is 2.13 bits per heavy atom. The number of anilines is 1. The van der Waals surface area contributed by atoms with Gasteiger partial charge in [0.1, 0.15) is 5.15 Å². The van der Waals surface area contributed by atoms with Crippen LogP contribution < -0.4 is 5.32 Å². The Hall–Kier alpha value is -1.61. The highest BCUT2D eigenvalue weighted by Gasteiger charge is 2.04. The Labute approximate surface area is 93.1 Å². The van der Waals surface area contributed by atoms with Gasteiger partial charge in [-0.15, -0.1) is 0 Å². The lowest BCUT2D eigenvalue weighted by Crippen LogP contribution is -1.94. The lowest BCUT2D eigenvalue weighted by Gasteiger charge is -2.07. The molecule has 0 atom stereocenters. The van der Waals surface area contributed by atoms with Gasteiger partial charge in [0, 0.05) is 18.8 Å². The molecular weight excluding hydrogens is 210 g/mol. The molecular formula is C11H10ClN3. The molecule has 0 spiro atoms. The molecule has 0 aromatic carbocycles. The van der Waals surface area contributed by atoms with Crippen LogP contribution in [0.2, 0.25) is 5.15 Å². The van der Waals surface area contributed by atoms with E-state index in [2.05, 4.69) is 15.3 Å². The van der Waals surface area contributed by atoms with Gasteiger partial charge in [-0.2, -0.15) is 0 Å². The number of nitrogens with one attached hydrogen (secondary N) is 1. The van der Waals surface area contributed by atoms with E-state index in [1.54, 1.807) is 18.5 Å². The average Bonchev–Trinajstić information content (AvgIpc) is 2.29. The van der Waals surface area contributed by atoms with Crippen LogP contribution in [-0.2, 0) is 0 Å². The van der Waals surface area contributed by atoms with Gasteiger partial charge >= 0.3 is 0 Å². The minimum Gasteiger partial charge on any atom is -0.386 e. The van der Waals surface area contributed by atoms with E-state index in [9.17, 15) is 0 Å². The molecule has 0 unspecified atom stereocenters. The van der Waals surface area contributed by atoms with Gasteiger partial charge in [-0.3, -0.25) is 4.98 Å². The third kappa shape index (κ3) is 2.07. The standard InChI is InChI=1S/C11H10ClN3/c1-13-10-7-14-6-5-8(10)9-3-2-4-11(12)15-9/h2-7,13H,1H3. The molecule has 0 radical (unpaired) electrons. The van der Waals surface area contributed by atoms with E-state index >= 15 is 0 Å². The summed E-state index contributed by atoms with van der Waals surface area (Å²) in [5.41, 5.74) is 2.77. The fourth-order valence-corrected chi connectivity index (χ4v) is 1.54. The molecule has 0 aliphatic heterocycles. The highest BCUT2D eigenvalue weighted by molar-refractivity contribution is 6.29. The van der Waals surface area contributed by atoms with Crippen molar-refractivity contribution >= 4 is 17.3 Å². The highest BCUT2D eigenvalue weighted by Crippen LogP contribution is 2.25. The SMILES string of the molecule is CNc1cnccc1-c1cccc(Cl)n1. The van der Waals surface area contributed by atoms with Gasteiger partial charge in [0.25, 0.3) is 0 Å². The van der Waals surface area contributed by atoms with Gasteiger partial charge in [0.2, 0.25) is 0 Å². The molecule has 1 N–H and O–H groups in total. The number of rotatable bonds is 2. The predicted molar refractivity (Wildman–Crippen MR) is 62.0 cm³/mol. The summed E-state index contributed by atoms with van der Waals surface area (Å²) in [6, 6.07) is 7.46. The smallest absolute Gasteiger partial charge is 0.129 e. The van der Waals surface area contributed by atoms with Crippen LogP contribution in [0.15, 0.2) is 36.7 Å². The van der Waals surface area contributed by atoms with Gasteiger partial charge in [-0.05, 0) is 18.2 Å². The molecule has 0 saturated carbocycles. The summed E-state index contributed by atoms with van der Waals surface area (Å²) in [5.74, 6) is 0. The maximum atomic E-state index is 5.84. The third-order valence-corrected chi connectivity index (χ3v) is 2.29. The molecule has 0 saturated heterocycles. The van der Waals surface area contributed by atoms with Crippen molar-refractivity contribution in [3.63, 3.8) is 0 Å². The Kier molecular flexibility index (Phi) is 2.83. The van der Waals surface area contributed by atoms with E-state index in [-0.39, 0.29) is 0 Å². The summed E-state index contributed by atoms with van der Waals surface area (Å²) >= 11 is 5.84. The molecule has 0 fully saturated rings. The summed E-state index contributed by atoms with van der Waals surface area (Å²) in [4.78, 5) is 8.29. The second kappa shape index (κ2) is 4.28. The molecule has 2 aromatic heterocycles. The molecule has 2 heterocycles. The molecule has 0 bridgehead atoms. The highest BCUT2D eigenvalue weighted by atomic mass is 35.5. The van der Waals surface area contributed by atoms with Crippen LogP contribution in [0, 0.1) is 0 Å². The van der Waals surface area contributed by atoms with E-state index in [4.69, 9.17) is 11.6 Å². The lowest BCUT2D eigenvalue weighted by molar-refractivity contribution is 1.28. The van der Waals surface area contributed by atoms with Crippen LogP contribution >= 0.6 is 11.6 Å². The molecule has 0 aliphatic carbocycles. The van der Waals surface area contributed by atoms with Crippen LogP contribution in [0.25, 0.3) is 11.3 Å². The summed E-state index contributed by atoms with van der Waals surface area (Å²) in [7, 11) is 1.85. The zero-order valence-electron chi connectivity index (χ0n) is 8.24. The minimum absolute atomic E-state index is 0.492. The lowest BCUT2D eigenvalue weighted by atomic mass is 10.1. The van der Waals surface area contributed by atoms with E-state index in [1.807, 2.05) is 25.2 Å². The van der Waals surface area contributed by atoms with Gasteiger partial charge in [0.15, 0.2) is 0 Å². The number of nitrogens with zero attached hydrogens (tertiary/aromatic N) is 2. The molecule has 2 aromatic rings. The average molecular weight is 220 g/mol. The van der Waals surface area contributed by atoms with Gasteiger partial charge in [-0.25, -0.2) is 4.98 Å². The van der Waals surface area contributed by atoms with Crippen molar-refractivity contribution < 1.29 is 0 Å². The van der Waals surface area contributed by atoms with Crippen LogP contribution in [0.4, 0.5) is 5.69 Å².